The molecule has 0 aliphatic carbocycles. The van der Waals surface area contributed by atoms with E-state index in [0.29, 0.717) is 6.54 Å². The van der Waals surface area contributed by atoms with Gasteiger partial charge >= 0.3 is 0 Å². The molecule has 6 heteroatoms. The van der Waals surface area contributed by atoms with E-state index in [-0.39, 0.29) is 19.1 Å². The zero-order chi connectivity index (χ0) is 13.7. The Kier molecular flexibility index (Phi) is 5.15. The number of aliphatic hydroxyl groups excluding tert-OH is 1. The van der Waals surface area contributed by atoms with E-state index < -0.39 is 0 Å². The van der Waals surface area contributed by atoms with Crippen LogP contribution in [0.5, 0.6) is 0 Å². The van der Waals surface area contributed by atoms with Gasteiger partial charge in [-0.3, -0.25) is 9.48 Å². The van der Waals surface area contributed by atoms with Crippen LogP contribution in [0.4, 0.5) is 5.82 Å². The summed E-state index contributed by atoms with van der Waals surface area (Å²) in [5.74, 6) is 0.753. The summed E-state index contributed by atoms with van der Waals surface area (Å²) >= 11 is 0. The number of aromatic nitrogens is 2. The van der Waals surface area contributed by atoms with Crippen molar-refractivity contribution in [3.05, 3.63) is 11.3 Å². The van der Waals surface area contributed by atoms with E-state index in [1.165, 1.54) is 0 Å². The van der Waals surface area contributed by atoms with Gasteiger partial charge < -0.3 is 15.3 Å². The zero-order valence-corrected chi connectivity index (χ0v) is 11.5. The molecular weight excluding hydrogens is 232 g/mol. The van der Waals surface area contributed by atoms with Gasteiger partial charge in [-0.15, -0.1) is 0 Å². The molecule has 2 N–H and O–H groups in total. The first-order valence-corrected chi connectivity index (χ1v) is 6.12. The monoisotopic (exact) mass is 254 g/mol. The van der Waals surface area contributed by atoms with Gasteiger partial charge in [0, 0.05) is 26.2 Å². The third kappa shape index (κ3) is 3.22. The summed E-state index contributed by atoms with van der Waals surface area (Å²) in [5.41, 5.74) is 1.55. The van der Waals surface area contributed by atoms with Gasteiger partial charge in [0.15, 0.2) is 0 Å². The number of carbonyl (C=O) groups excluding carboxylic acids is 1. The highest BCUT2D eigenvalue weighted by atomic mass is 16.3. The standard InChI is InChI=1S/C12H22N4O2/c1-5-6-13-11(18)7-15(3)12-10(8-17)9(2)14-16(12)4/h17H,5-8H2,1-4H3,(H,13,18). The highest BCUT2D eigenvalue weighted by Crippen LogP contribution is 2.21. The molecule has 0 unspecified atom stereocenters. The molecule has 0 radical (unpaired) electrons. The molecule has 1 amide bonds. The molecule has 18 heavy (non-hydrogen) atoms. The summed E-state index contributed by atoms with van der Waals surface area (Å²) < 4.78 is 1.69. The lowest BCUT2D eigenvalue weighted by Crippen LogP contribution is -2.36. The third-order valence-electron chi connectivity index (χ3n) is 2.79. The molecule has 0 aliphatic rings. The molecule has 1 rings (SSSR count). The Morgan fingerprint density at radius 3 is 2.78 bits per heavy atom. The van der Waals surface area contributed by atoms with Gasteiger partial charge in [-0.05, 0) is 13.3 Å². The highest BCUT2D eigenvalue weighted by Gasteiger charge is 2.17. The lowest BCUT2D eigenvalue weighted by atomic mass is 10.2. The minimum Gasteiger partial charge on any atom is -0.391 e. The van der Waals surface area contributed by atoms with Gasteiger partial charge in [-0.1, -0.05) is 6.92 Å². The fourth-order valence-corrected chi connectivity index (χ4v) is 1.96. The quantitative estimate of drug-likeness (QED) is 0.760. The molecule has 0 atom stereocenters. The fourth-order valence-electron chi connectivity index (χ4n) is 1.96. The summed E-state index contributed by atoms with van der Waals surface area (Å²) in [7, 11) is 3.63. The number of hydrogen-bond acceptors (Lipinski definition) is 4. The summed E-state index contributed by atoms with van der Waals surface area (Å²) in [6.45, 7) is 4.73. The number of carbonyl (C=O) groups is 1. The molecular formula is C12H22N4O2. The van der Waals surface area contributed by atoms with Crippen LogP contribution in [0.1, 0.15) is 24.6 Å². The predicted molar refractivity (Wildman–Crippen MR) is 70.4 cm³/mol. The van der Waals surface area contributed by atoms with Crippen LogP contribution in [-0.4, -0.2) is 40.9 Å². The average molecular weight is 254 g/mol. The van der Waals surface area contributed by atoms with Crippen molar-refractivity contribution >= 4 is 11.7 Å². The minimum atomic E-state index is -0.0735. The first kappa shape index (κ1) is 14.5. The Morgan fingerprint density at radius 2 is 2.22 bits per heavy atom. The smallest absolute Gasteiger partial charge is 0.239 e. The topological polar surface area (TPSA) is 70.4 Å². The van der Waals surface area contributed by atoms with E-state index in [2.05, 4.69) is 10.4 Å². The Morgan fingerprint density at radius 1 is 1.56 bits per heavy atom. The largest absolute Gasteiger partial charge is 0.391 e. The molecule has 6 nitrogen and oxygen atoms in total. The number of amides is 1. The van der Waals surface area contributed by atoms with Gasteiger partial charge in [-0.2, -0.15) is 5.10 Å². The van der Waals surface area contributed by atoms with Crippen LogP contribution in [0.15, 0.2) is 0 Å². The Bertz CT molecular complexity index is 414. The fraction of sp³-hybridized carbons (Fsp3) is 0.667. The van der Waals surface area contributed by atoms with Crippen molar-refractivity contribution in [2.45, 2.75) is 26.9 Å². The highest BCUT2D eigenvalue weighted by molar-refractivity contribution is 5.81. The number of likely N-dealkylation sites (N-methyl/N-ethyl adjacent to an activating group) is 1. The summed E-state index contributed by atoms with van der Waals surface area (Å²) in [5, 5.41) is 16.4. The van der Waals surface area contributed by atoms with E-state index in [1.54, 1.807) is 9.58 Å². The van der Waals surface area contributed by atoms with Gasteiger partial charge in [0.25, 0.3) is 0 Å². The average Bonchev–Trinajstić information content (AvgIpc) is 2.60. The third-order valence-corrected chi connectivity index (χ3v) is 2.79. The van der Waals surface area contributed by atoms with Crippen molar-refractivity contribution in [2.24, 2.45) is 7.05 Å². The van der Waals surface area contributed by atoms with E-state index in [0.717, 1.165) is 23.5 Å². The molecule has 0 aromatic carbocycles. The van der Waals surface area contributed by atoms with Crippen molar-refractivity contribution < 1.29 is 9.90 Å². The minimum absolute atomic E-state index is 0.0258. The van der Waals surface area contributed by atoms with Crippen LogP contribution in [0.25, 0.3) is 0 Å². The summed E-state index contributed by atoms with van der Waals surface area (Å²) in [6, 6.07) is 0. The van der Waals surface area contributed by atoms with Gasteiger partial charge in [-0.25, -0.2) is 0 Å². The second-order valence-electron chi connectivity index (χ2n) is 4.38. The van der Waals surface area contributed by atoms with Crippen LogP contribution in [0, 0.1) is 6.92 Å². The van der Waals surface area contributed by atoms with E-state index >= 15 is 0 Å². The maximum absolute atomic E-state index is 11.7. The van der Waals surface area contributed by atoms with Crippen molar-refractivity contribution in [3.8, 4) is 0 Å². The Labute approximate surface area is 108 Å². The zero-order valence-electron chi connectivity index (χ0n) is 11.5. The van der Waals surface area contributed by atoms with Crippen molar-refractivity contribution in [1.29, 1.82) is 0 Å². The molecule has 1 heterocycles. The second-order valence-corrected chi connectivity index (χ2v) is 4.38. The lowest BCUT2D eigenvalue weighted by molar-refractivity contribution is -0.119. The van der Waals surface area contributed by atoms with Gasteiger partial charge in [0.1, 0.15) is 5.82 Å². The molecule has 1 aromatic heterocycles. The number of aryl methyl sites for hydroxylation is 2. The first-order chi connectivity index (χ1) is 8.51. The maximum atomic E-state index is 11.7. The lowest BCUT2D eigenvalue weighted by Gasteiger charge is -2.20. The number of aliphatic hydroxyl groups is 1. The van der Waals surface area contributed by atoms with Crippen LogP contribution in [-0.2, 0) is 18.4 Å². The molecule has 0 saturated heterocycles. The summed E-state index contributed by atoms with van der Waals surface area (Å²) in [6.07, 6.45) is 0.919. The van der Waals surface area contributed by atoms with E-state index in [9.17, 15) is 9.90 Å². The molecule has 1 aromatic rings. The molecule has 102 valence electrons. The van der Waals surface area contributed by atoms with Crippen molar-refractivity contribution in [1.82, 2.24) is 15.1 Å². The number of nitrogens with one attached hydrogen (secondary N) is 1. The van der Waals surface area contributed by atoms with Gasteiger partial charge in [0.05, 0.1) is 18.8 Å². The van der Waals surface area contributed by atoms with Crippen molar-refractivity contribution in [3.63, 3.8) is 0 Å². The maximum Gasteiger partial charge on any atom is 0.239 e. The Hall–Kier alpha value is -1.56. The van der Waals surface area contributed by atoms with Crippen LogP contribution in [0.3, 0.4) is 0 Å². The molecule has 0 fully saturated rings. The molecule has 0 saturated carbocycles. The molecule has 0 bridgehead atoms. The number of hydrogen-bond donors (Lipinski definition) is 2. The van der Waals surface area contributed by atoms with Crippen LogP contribution in [0.2, 0.25) is 0 Å². The molecule has 0 aliphatic heterocycles. The van der Waals surface area contributed by atoms with Crippen molar-refractivity contribution in [2.75, 3.05) is 25.0 Å². The van der Waals surface area contributed by atoms with E-state index in [1.807, 2.05) is 27.9 Å². The first-order valence-electron chi connectivity index (χ1n) is 6.12. The number of rotatable bonds is 6. The number of nitrogens with zero attached hydrogens (tertiary/aromatic N) is 3. The van der Waals surface area contributed by atoms with E-state index in [4.69, 9.17) is 0 Å². The molecule has 0 spiro atoms. The normalized spacial score (nSPS) is 10.5. The number of anilines is 1. The second kappa shape index (κ2) is 6.39. The predicted octanol–water partition coefficient (Wildman–Crippen LogP) is 0.183. The SMILES string of the molecule is CCCNC(=O)CN(C)c1c(CO)c(C)nn1C. The van der Waals surface area contributed by atoms with Gasteiger partial charge in [0.2, 0.25) is 5.91 Å². The Balaban J connectivity index is 2.77. The van der Waals surface area contributed by atoms with Crippen LogP contribution < -0.4 is 10.2 Å². The van der Waals surface area contributed by atoms with Crippen LogP contribution >= 0.6 is 0 Å². The summed E-state index contributed by atoms with van der Waals surface area (Å²) in [4.78, 5) is 13.5.